The van der Waals surface area contributed by atoms with E-state index >= 15 is 0 Å². The third kappa shape index (κ3) is 3.39. The first kappa shape index (κ1) is 12.7. The predicted molar refractivity (Wildman–Crippen MR) is 73.3 cm³/mol. The molecule has 94 valence electrons. The van der Waals surface area contributed by atoms with Crippen molar-refractivity contribution >= 4 is 5.78 Å². The molecule has 1 aliphatic carbocycles. The number of hydrogen-bond acceptors (Lipinski definition) is 2. The summed E-state index contributed by atoms with van der Waals surface area (Å²) in [5.74, 6) is 0.794. The molecule has 1 heterocycles. The molecule has 1 aromatic rings. The summed E-state index contributed by atoms with van der Waals surface area (Å²) in [6.45, 7) is 4.15. The van der Waals surface area contributed by atoms with Gasteiger partial charge >= 0.3 is 0 Å². The van der Waals surface area contributed by atoms with E-state index in [4.69, 9.17) is 0 Å². The molecule has 0 spiro atoms. The molecule has 0 saturated carbocycles. The molecule has 1 atom stereocenters. The highest BCUT2D eigenvalue weighted by atomic mass is 16.1. The van der Waals surface area contributed by atoms with Crippen molar-refractivity contribution in [2.45, 2.75) is 33.1 Å². The lowest BCUT2D eigenvalue weighted by atomic mass is 10.0. The zero-order valence-corrected chi connectivity index (χ0v) is 11.0. The predicted octanol–water partition coefficient (Wildman–Crippen LogP) is 3.41. The van der Waals surface area contributed by atoms with Crippen LogP contribution in [0.2, 0.25) is 0 Å². The number of allylic oxidation sites excluding steroid dienone is 4. The van der Waals surface area contributed by atoms with Gasteiger partial charge < -0.3 is 0 Å². The molecule has 0 bridgehead atoms. The Balaban J connectivity index is 2.08. The van der Waals surface area contributed by atoms with Gasteiger partial charge in [0, 0.05) is 17.0 Å². The molecule has 0 amide bonds. The zero-order chi connectivity index (χ0) is 13.0. The average molecular weight is 241 g/mol. The summed E-state index contributed by atoms with van der Waals surface area (Å²) in [5, 5.41) is 0. The van der Waals surface area contributed by atoms with Gasteiger partial charge in [-0.3, -0.25) is 9.78 Å². The van der Waals surface area contributed by atoms with Crippen LogP contribution in [0.5, 0.6) is 0 Å². The Morgan fingerprint density at radius 2 is 2.22 bits per heavy atom. The molecule has 1 unspecified atom stereocenters. The number of carbonyl (C=O) groups is 1. The third-order valence-corrected chi connectivity index (χ3v) is 3.19. The quantitative estimate of drug-likeness (QED) is 0.811. The van der Waals surface area contributed by atoms with Gasteiger partial charge in [-0.25, -0.2) is 0 Å². The minimum Gasteiger partial charge on any atom is -0.294 e. The van der Waals surface area contributed by atoms with Crippen molar-refractivity contribution in [3.8, 4) is 0 Å². The number of nitrogens with zero attached hydrogens (tertiary/aromatic N) is 1. The Hall–Kier alpha value is -1.70. The van der Waals surface area contributed by atoms with Crippen LogP contribution in [0.1, 0.15) is 31.2 Å². The molecule has 0 aliphatic heterocycles. The topological polar surface area (TPSA) is 30.0 Å². The first-order chi connectivity index (χ1) is 8.65. The summed E-state index contributed by atoms with van der Waals surface area (Å²) >= 11 is 0. The van der Waals surface area contributed by atoms with Crippen molar-refractivity contribution in [2.75, 3.05) is 0 Å². The van der Waals surface area contributed by atoms with Gasteiger partial charge in [0.25, 0.3) is 0 Å². The number of aryl methyl sites for hydroxylation is 1. The maximum absolute atomic E-state index is 12.2. The summed E-state index contributed by atoms with van der Waals surface area (Å²) in [6, 6.07) is 5.80. The van der Waals surface area contributed by atoms with Crippen LogP contribution in [-0.2, 0) is 11.2 Å². The number of Topliss-reactive ketones (excluding diaryl/α,β-unsaturated/α-hetero) is 1. The fourth-order valence-corrected chi connectivity index (χ4v) is 2.09. The molecule has 0 saturated heterocycles. The van der Waals surface area contributed by atoms with Gasteiger partial charge in [0.05, 0.1) is 6.42 Å². The molecule has 0 aromatic carbocycles. The lowest BCUT2D eigenvalue weighted by molar-refractivity contribution is -0.114. The van der Waals surface area contributed by atoms with E-state index in [1.165, 1.54) is 0 Å². The highest BCUT2D eigenvalue weighted by Crippen LogP contribution is 2.17. The fraction of sp³-hybridized carbons (Fsp3) is 0.375. The molecule has 18 heavy (non-hydrogen) atoms. The Morgan fingerprint density at radius 1 is 1.39 bits per heavy atom. The number of rotatable bonds is 3. The van der Waals surface area contributed by atoms with Crippen molar-refractivity contribution in [1.29, 1.82) is 0 Å². The summed E-state index contributed by atoms with van der Waals surface area (Å²) in [5.41, 5.74) is 2.65. The van der Waals surface area contributed by atoms with Crippen LogP contribution in [0.4, 0.5) is 0 Å². The molecule has 0 radical (unpaired) electrons. The summed E-state index contributed by atoms with van der Waals surface area (Å²) in [7, 11) is 0. The van der Waals surface area contributed by atoms with Gasteiger partial charge in [0.1, 0.15) is 0 Å². The van der Waals surface area contributed by atoms with Crippen LogP contribution in [0.25, 0.3) is 0 Å². The van der Waals surface area contributed by atoms with E-state index in [0.717, 1.165) is 29.8 Å². The van der Waals surface area contributed by atoms with Gasteiger partial charge in [-0.1, -0.05) is 31.2 Å². The van der Waals surface area contributed by atoms with Crippen LogP contribution in [-0.4, -0.2) is 10.8 Å². The number of hydrogen-bond donors (Lipinski definition) is 0. The Kier molecular flexibility index (Phi) is 4.08. The molecular weight excluding hydrogens is 222 g/mol. The number of carbonyl (C=O) groups excluding carboxylic acids is 1. The lowest BCUT2D eigenvalue weighted by Gasteiger charge is -2.03. The average Bonchev–Trinajstić information content (AvgIpc) is 2.54. The van der Waals surface area contributed by atoms with Crippen LogP contribution in [0.3, 0.4) is 0 Å². The second-order valence-corrected chi connectivity index (χ2v) is 5.01. The van der Waals surface area contributed by atoms with Crippen LogP contribution in [0.15, 0.2) is 42.0 Å². The summed E-state index contributed by atoms with van der Waals surface area (Å²) < 4.78 is 0. The Morgan fingerprint density at radius 3 is 3.00 bits per heavy atom. The van der Waals surface area contributed by atoms with Gasteiger partial charge in [-0.15, -0.1) is 0 Å². The number of aromatic nitrogens is 1. The fourth-order valence-electron chi connectivity index (χ4n) is 2.09. The smallest absolute Gasteiger partial charge is 0.168 e. The number of pyridine rings is 1. The van der Waals surface area contributed by atoms with Crippen molar-refractivity contribution in [1.82, 2.24) is 4.98 Å². The SMILES string of the molecule is Cc1cccc(CC(=O)C2=CCC(C)CC=C2)n1. The minimum atomic E-state index is 0.165. The van der Waals surface area contributed by atoms with E-state index in [1.54, 1.807) is 0 Å². The Bertz CT molecular complexity index is 500. The van der Waals surface area contributed by atoms with Gasteiger partial charge in [0.2, 0.25) is 0 Å². The maximum atomic E-state index is 12.2. The summed E-state index contributed by atoms with van der Waals surface area (Å²) in [6.07, 6.45) is 8.55. The van der Waals surface area contributed by atoms with E-state index in [-0.39, 0.29) is 5.78 Å². The normalized spacial score (nSPS) is 19.2. The van der Waals surface area contributed by atoms with Gasteiger partial charge in [0.15, 0.2) is 5.78 Å². The van der Waals surface area contributed by atoms with Crippen LogP contribution >= 0.6 is 0 Å². The molecular formula is C16H19NO. The first-order valence-corrected chi connectivity index (χ1v) is 6.47. The van der Waals surface area contributed by atoms with E-state index in [0.29, 0.717) is 12.3 Å². The zero-order valence-electron chi connectivity index (χ0n) is 11.0. The molecule has 1 aliphatic rings. The van der Waals surface area contributed by atoms with Crippen molar-refractivity contribution < 1.29 is 4.79 Å². The van der Waals surface area contributed by atoms with Crippen molar-refractivity contribution in [2.24, 2.45) is 5.92 Å². The largest absolute Gasteiger partial charge is 0.294 e. The molecule has 0 fully saturated rings. The minimum absolute atomic E-state index is 0.165. The molecule has 2 nitrogen and oxygen atoms in total. The van der Waals surface area contributed by atoms with Gasteiger partial charge in [-0.05, 0) is 37.8 Å². The second-order valence-electron chi connectivity index (χ2n) is 5.01. The third-order valence-electron chi connectivity index (χ3n) is 3.19. The molecule has 1 aromatic heterocycles. The van der Waals surface area contributed by atoms with E-state index in [2.05, 4.69) is 24.1 Å². The summed E-state index contributed by atoms with van der Waals surface area (Å²) in [4.78, 5) is 16.6. The highest BCUT2D eigenvalue weighted by Gasteiger charge is 2.11. The van der Waals surface area contributed by atoms with E-state index in [1.807, 2.05) is 31.2 Å². The van der Waals surface area contributed by atoms with Crippen molar-refractivity contribution in [3.63, 3.8) is 0 Å². The number of ketones is 1. The molecule has 0 N–H and O–H groups in total. The van der Waals surface area contributed by atoms with Crippen LogP contribution in [0, 0.1) is 12.8 Å². The van der Waals surface area contributed by atoms with Crippen molar-refractivity contribution in [3.05, 3.63) is 53.4 Å². The van der Waals surface area contributed by atoms with E-state index < -0.39 is 0 Å². The molecule has 2 rings (SSSR count). The van der Waals surface area contributed by atoms with E-state index in [9.17, 15) is 4.79 Å². The standard InChI is InChI=1S/C16H19NO/c1-12-5-3-7-14(10-9-12)16(18)11-15-8-4-6-13(2)17-15/h3-4,6-8,10,12H,5,9,11H2,1-2H3. The second kappa shape index (κ2) is 5.76. The Labute approximate surface area is 108 Å². The first-order valence-electron chi connectivity index (χ1n) is 6.47. The molecule has 2 heteroatoms. The maximum Gasteiger partial charge on any atom is 0.168 e. The van der Waals surface area contributed by atoms with Gasteiger partial charge in [-0.2, -0.15) is 0 Å². The lowest BCUT2D eigenvalue weighted by Crippen LogP contribution is -2.06. The highest BCUT2D eigenvalue weighted by molar-refractivity contribution is 5.99. The van der Waals surface area contributed by atoms with Crippen LogP contribution < -0.4 is 0 Å². The monoisotopic (exact) mass is 241 g/mol.